The molecule has 0 atom stereocenters. The molecule has 72 heavy (non-hydrogen) atoms. The molecule has 0 amide bonds. The maximum atomic E-state index is 13.6. The van der Waals surface area contributed by atoms with Crippen LogP contribution in [0.5, 0.6) is 23.0 Å². The molecule has 364 valence electrons. The standard InChI is InChI=1S/C61H55NO9S/c1-3-39-66-40-11-5-6-12-41-67-51-33-25-47(26-34-51)19-17-45-21-29-49(30-22-45)60(64)70-53-37-38-56(54(44-53)59-62-55-15-9-10-16-57(55)72-59)71-61(65)50-31-23-46(24-32-50)18-20-48-27-35-52(36-28-48)68-42-13-7-8-14-43-69-58(63)4-2/h3-4,9-10,15-16,21-38,44H,1-2,5-8,11-14,39-43H2. The van der Waals surface area contributed by atoms with Crippen molar-refractivity contribution < 1.29 is 42.8 Å². The van der Waals surface area contributed by atoms with Crippen LogP contribution in [0.4, 0.5) is 0 Å². The zero-order valence-corrected chi connectivity index (χ0v) is 40.9. The number of benzene rings is 6. The molecule has 0 unspecified atom stereocenters. The molecule has 0 spiro atoms. The minimum Gasteiger partial charge on any atom is -0.494 e. The molecule has 0 saturated heterocycles. The van der Waals surface area contributed by atoms with Crippen LogP contribution in [-0.4, -0.2) is 55.9 Å². The Morgan fingerprint density at radius 2 is 1.01 bits per heavy atom. The van der Waals surface area contributed by atoms with Crippen LogP contribution in [0.25, 0.3) is 20.8 Å². The minimum atomic E-state index is -0.570. The number of unbranched alkanes of at least 4 members (excludes halogenated alkanes) is 6. The van der Waals surface area contributed by atoms with E-state index >= 15 is 0 Å². The summed E-state index contributed by atoms with van der Waals surface area (Å²) in [5, 5.41) is 0.595. The summed E-state index contributed by atoms with van der Waals surface area (Å²) in [6, 6.07) is 41.6. The van der Waals surface area contributed by atoms with Crippen molar-refractivity contribution in [1.82, 2.24) is 4.98 Å². The normalized spacial score (nSPS) is 10.5. The van der Waals surface area contributed by atoms with E-state index < -0.39 is 17.9 Å². The Morgan fingerprint density at radius 1 is 0.528 bits per heavy atom. The van der Waals surface area contributed by atoms with Gasteiger partial charge in [0.15, 0.2) is 0 Å². The van der Waals surface area contributed by atoms with E-state index in [1.165, 1.54) is 17.4 Å². The number of hydrogen-bond acceptors (Lipinski definition) is 11. The number of carbonyl (C=O) groups excluding carboxylic acids is 3. The van der Waals surface area contributed by atoms with Gasteiger partial charge in [-0.25, -0.2) is 19.4 Å². The van der Waals surface area contributed by atoms with Gasteiger partial charge in [-0.1, -0.05) is 54.9 Å². The lowest BCUT2D eigenvalue weighted by Crippen LogP contribution is -2.10. The molecule has 6 aromatic carbocycles. The van der Waals surface area contributed by atoms with Gasteiger partial charge in [-0.3, -0.25) is 0 Å². The summed E-state index contributed by atoms with van der Waals surface area (Å²) in [5.74, 6) is 13.2. The number of ether oxygens (including phenoxy) is 6. The van der Waals surface area contributed by atoms with Gasteiger partial charge in [0.25, 0.3) is 0 Å². The predicted molar refractivity (Wildman–Crippen MR) is 283 cm³/mol. The first-order valence-corrected chi connectivity index (χ1v) is 24.8. The summed E-state index contributed by atoms with van der Waals surface area (Å²) >= 11 is 1.44. The molecule has 0 fully saturated rings. The highest BCUT2D eigenvalue weighted by Gasteiger charge is 2.19. The smallest absolute Gasteiger partial charge is 0.343 e. The van der Waals surface area contributed by atoms with Gasteiger partial charge in [0, 0.05) is 34.9 Å². The van der Waals surface area contributed by atoms with Crippen LogP contribution in [0.2, 0.25) is 0 Å². The first kappa shape index (κ1) is 51.6. The summed E-state index contributed by atoms with van der Waals surface area (Å²) in [6.07, 6.45) is 10.8. The molecule has 0 radical (unpaired) electrons. The number of carbonyl (C=O) groups is 3. The number of nitrogens with zero attached hydrogens (tertiary/aromatic N) is 1. The summed E-state index contributed by atoms with van der Waals surface area (Å²) in [4.78, 5) is 42.9. The largest absolute Gasteiger partial charge is 0.494 e. The minimum absolute atomic E-state index is 0.259. The van der Waals surface area contributed by atoms with Crippen LogP contribution >= 0.6 is 11.3 Å². The summed E-state index contributed by atoms with van der Waals surface area (Å²) < 4.78 is 35.0. The van der Waals surface area contributed by atoms with E-state index in [0.717, 1.165) is 102 Å². The van der Waals surface area contributed by atoms with Crippen LogP contribution in [-0.2, 0) is 14.3 Å². The van der Waals surface area contributed by atoms with Crippen molar-refractivity contribution in [1.29, 1.82) is 0 Å². The van der Waals surface area contributed by atoms with Gasteiger partial charge in [0.2, 0.25) is 0 Å². The van der Waals surface area contributed by atoms with E-state index in [9.17, 15) is 14.4 Å². The molecule has 0 aliphatic heterocycles. The van der Waals surface area contributed by atoms with Crippen molar-refractivity contribution in [2.75, 3.05) is 33.0 Å². The van der Waals surface area contributed by atoms with Crippen LogP contribution in [0.3, 0.4) is 0 Å². The Bertz CT molecular complexity index is 3010. The van der Waals surface area contributed by atoms with Gasteiger partial charge in [-0.2, -0.15) is 0 Å². The van der Waals surface area contributed by atoms with Crippen molar-refractivity contribution >= 4 is 39.5 Å². The number of hydrogen-bond donors (Lipinski definition) is 0. The molecular formula is C61H55NO9S. The average molecular weight is 978 g/mol. The third-order valence-corrected chi connectivity index (χ3v) is 12.0. The van der Waals surface area contributed by atoms with Crippen LogP contribution in [0.1, 0.15) is 94.3 Å². The molecule has 11 heteroatoms. The molecule has 0 saturated carbocycles. The quantitative estimate of drug-likeness (QED) is 0.0145. The third-order valence-electron chi connectivity index (χ3n) is 10.9. The topological polar surface area (TPSA) is 119 Å². The highest BCUT2D eigenvalue weighted by atomic mass is 32.1. The predicted octanol–water partition coefficient (Wildman–Crippen LogP) is 13.0. The fourth-order valence-electron chi connectivity index (χ4n) is 7.07. The fraction of sp³-hybridized carbons (Fsp3) is 0.213. The molecule has 1 heterocycles. The fourth-order valence-corrected chi connectivity index (χ4v) is 8.06. The number of aromatic nitrogens is 1. The maximum Gasteiger partial charge on any atom is 0.343 e. The van der Waals surface area contributed by atoms with E-state index in [1.54, 1.807) is 72.8 Å². The molecule has 0 bridgehead atoms. The van der Waals surface area contributed by atoms with Gasteiger partial charge in [0.1, 0.15) is 28.0 Å². The second-order valence-electron chi connectivity index (χ2n) is 16.4. The van der Waals surface area contributed by atoms with Crippen molar-refractivity contribution in [3.8, 4) is 57.3 Å². The van der Waals surface area contributed by atoms with Crippen LogP contribution in [0.15, 0.2) is 165 Å². The third kappa shape index (κ3) is 16.5. The Balaban J connectivity index is 0.915. The van der Waals surface area contributed by atoms with Gasteiger partial charge in [-0.15, -0.1) is 17.9 Å². The van der Waals surface area contributed by atoms with Gasteiger partial charge < -0.3 is 28.4 Å². The van der Waals surface area contributed by atoms with E-state index in [2.05, 4.69) is 36.8 Å². The molecule has 7 aromatic rings. The second-order valence-corrected chi connectivity index (χ2v) is 17.4. The molecule has 7 rings (SSSR count). The van der Waals surface area contributed by atoms with Gasteiger partial charge in [0.05, 0.1) is 53.3 Å². The average Bonchev–Trinajstić information content (AvgIpc) is 3.86. The monoisotopic (exact) mass is 977 g/mol. The molecule has 0 aliphatic carbocycles. The Hall–Kier alpha value is -8.22. The van der Waals surface area contributed by atoms with Gasteiger partial charge in [-0.05, 0) is 172 Å². The Morgan fingerprint density at radius 3 is 1.54 bits per heavy atom. The maximum absolute atomic E-state index is 13.6. The van der Waals surface area contributed by atoms with Crippen molar-refractivity contribution in [2.24, 2.45) is 0 Å². The Kier molecular flexibility index (Phi) is 20.0. The number of esters is 3. The first-order chi connectivity index (χ1) is 35.3. The van der Waals surface area contributed by atoms with E-state index in [4.69, 9.17) is 33.4 Å². The van der Waals surface area contributed by atoms with E-state index in [1.807, 2.05) is 72.8 Å². The van der Waals surface area contributed by atoms with Crippen LogP contribution < -0.4 is 18.9 Å². The first-order valence-electron chi connectivity index (χ1n) is 24.0. The lowest BCUT2D eigenvalue weighted by atomic mass is 10.1. The molecular weight excluding hydrogens is 923 g/mol. The number of rotatable bonds is 24. The highest BCUT2D eigenvalue weighted by molar-refractivity contribution is 7.21. The van der Waals surface area contributed by atoms with Crippen molar-refractivity contribution in [3.05, 3.63) is 198 Å². The lowest BCUT2D eigenvalue weighted by molar-refractivity contribution is -0.137. The highest BCUT2D eigenvalue weighted by Crippen LogP contribution is 2.38. The summed E-state index contributed by atoms with van der Waals surface area (Å²) in [5.41, 5.74) is 5.09. The summed E-state index contributed by atoms with van der Waals surface area (Å²) in [6.45, 7) is 10.1. The number of thiazole rings is 1. The zero-order chi connectivity index (χ0) is 50.2. The molecule has 0 aliphatic rings. The van der Waals surface area contributed by atoms with Gasteiger partial charge >= 0.3 is 17.9 Å². The van der Waals surface area contributed by atoms with Crippen LogP contribution in [0, 0.1) is 23.7 Å². The number of fused-ring (bicyclic) bond motifs is 1. The molecule has 10 nitrogen and oxygen atoms in total. The summed E-state index contributed by atoms with van der Waals surface area (Å²) in [7, 11) is 0. The lowest BCUT2D eigenvalue weighted by Gasteiger charge is -2.11. The zero-order valence-electron chi connectivity index (χ0n) is 40.1. The van der Waals surface area contributed by atoms with E-state index in [0.29, 0.717) is 48.1 Å². The van der Waals surface area contributed by atoms with Crippen molar-refractivity contribution in [3.63, 3.8) is 0 Å². The second kappa shape index (κ2) is 27.8. The number of para-hydroxylation sites is 1. The Labute approximate surface area is 425 Å². The SMILES string of the molecule is C=CCOCCCCCCOc1ccc(C#Cc2ccc(C(=O)Oc3ccc(OC(=O)c4ccc(C#Cc5ccc(OCCCCCCOC(=O)C=C)cc5)cc4)c(-c4nc5ccccc5s4)c3)cc2)cc1. The molecule has 0 N–H and O–H groups in total. The van der Waals surface area contributed by atoms with Crippen molar-refractivity contribution in [2.45, 2.75) is 51.4 Å². The van der Waals surface area contributed by atoms with E-state index in [-0.39, 0.29) is 11.5 Å². The molecule has 1 aromatic heterocycles.